The van der Waals surface area contributed by atoms with Crippen molar-refractivity contribution >= 4 is 11.4 Å². The second kappa shape index (κ2) is 9.04. The zero-order valence-electron chi connectivity index (χ0n) is 17.8. The van der Waals surface area contributed by atoms with Gasteiger partial charge in [-0.3, -0.25) is 0 Å². The number of rotatable bonds is 5. The van der Waals surface area contributed by atoms with Gasteiger partial charge < -0.3 is 19.8 Å². The molecule has 3 aliphatic rings. The van der Waals surface area contributed by atoms with Crippen molar-refractivity contribution in [2.45, 2.75) is 70.3 Å². The maximum absolute atomic E-state index is 10.5. The Morgan fingerprint density at radius 3 is 2.25 bits per heavy atom. The van der Waals surface area contributed by atoms with Crippen molar-refractivity contribution in [1.82, 2.24) is 4.90 Å². The number of benzene rings is 1. The number of likely N-dealkylation sites (tertiary alicyclic amines) is 1. The molecule has 4 rings (SSSR count). The average Bonchev–Trinajstić information content (AvgIpc) is 3.10. The largest absolute Gasteiger partial charge is 0.394 e. The van der Waals surface area contributed by atoms with Crippen molar-refractivity contribution in [2.75, 3.05) is 49.3 Å². The molecule has 1 saturated carbocycles. The molecule has 0 amide bonds. The van der Waals surface area contributed by atoms with Crippen LogP contribution in [-0.4, -0.2) is 55.0 Å². The molecule has 1 aliphatic carbocycles. The summed E-state index contributed by atoms with van der Waals surface area (Å²) in [6.07, 6.45) is 12.2. The lowest BCUT2D eigenvalue weighted by molar-refractivity contribution is 0.0877. The molecule has 0 spiro atoms. The molecule has 2 fully saturated rings. The summed E-state index contributed by atoms with van der Waals surface area (Å²) >= 11 is 0. The summed E-state index contributed by atoms with van der Waals surface area (Å²) in [5, 5.41) is 10.5. The maximum Gasteiger partial charge on any atom is 0.0910 e. The van der Waals surface area contributed by atoms with Crippen LogP contribution in [0.5, 0.6) is 0 Å². The van der Waals surface area contributed by atoms with Gasteiger partial charge >= 0.3 is 0 Å². The molecule has 0 aromatic heterocycles. The fraction of sp³-hybridized carbons (Fsp3) is 0.750. The molecular formula is C24H39N3O. The van der Waals surface area contributed by atoms with E-state index in [1.54, 1.807) is 0 Å². The Bertz CT molecular complexity index is 618. The van der Waals surface area contributed by atoms with Crippen molar-refractivity contribution in [3.05, 3.63) is 24.3 Å². The zero-order chi connectivity index (χ0) is 19.4. The van der Waals surface area contributed by atoms with Gasteiger partial charge in [-0.2, -0.15) is 0 Å². The minimum absolute atomic E-state index is 0.0997. The monoisotopic (exact) mass is 385 g/mol. The normalized spacial score (nSPS) is 24.1. The van der Waals surface area contributed by atoms with E-state index < -0.39 is 0 Å². The third-order valence-corrected chi connectivity index (χ3v) is 7.60. The molecular weight excluding hydrogens is 346 g/mol. The van der Waals surface area contributed by atoms with E-state index in [9.17, 15) is 5.11 Å². The Balaban J connectivity index is 1.40. The molecule has 0 atom stereocenters. The van der Waals surface area contributed by atoms with E-state index in [0.717, 1.165) is 45.1 Å². The second-order valence-electron chi connectivity index (χ2n) is 9.31. The Hall–Kier alpha value is -1.26. The summed E-state index contributed by atoms with van der Waals surface area (Å²) in [7, 11) is 0. The maximum atomic E-state index is 10.5. The third-order valence-electron chi connectivity index (χ3n) is 7.60. The number of hydrogen-bond donors (Lipinski definition) is 1. The van der Waals surface area contributed by atoms with Gasteiger partial charge in [0.25, 0.3) is 0 Å². The molecule has 0 unspecified atom stereocenters. The van der Waals surface area contributed by atoms with Crippen LogP contribution in [0.15, 0.2) is 24.3 Å². The van der Waals surface area contributed by atoms with Gasteiger partial charge in [-0.15, -0.1) is 0 Å². The minimum atomic E-state index is -0.0997. The number of piperidine rings is 1. The van der Waals surface area contributed by atoms with E-state index in [0.29, 0.717) is 0 Å². The van der Waals surface area contributed by atoms with Gasteiger partial charge in [0.2, 0.25) is 0 Å². The Morgan fingerprint density at radius 2 is 1.61 bits per heavy atom. The van der Waals surface area contributed by atoms with Crippen molar-refractivity contribution in [1.29, 1.82) is 0 Å². The summed E-state index contributed by atoms with van der Waals surface area (Å²) in [6, 6.07) is 8.74. The van der Waals surface area contributed by atoms with Crippen LogP contribution in [0.1, 0.15) is 64.7 Å². The predicted molar refractivity (Wildman–Crippen MR) is 118 cm³/mol. The van der Waals surface area contributed by atoms with E-state index in [1.807, 2.05) is 0 Å². The summed E-state index contributed by atoms with van der Waals surface area (Å²) in [6.45, 7) is 7.95. The molecule has 1 saturated heterocycles. The number of anilines is 2. The van der Waals surface area contributed by atoms with E-state index in [1.165, 1.54) is 62.9 Å². The van der Waals surface area contributed by atoms with Crippen molar-refractivity contribution in [2.24, 2.45) is 5.92 Å². The van der Waals surface area contributed by atoms with Crippen LogP contribution < -0.4 is 9.80 Å². The quantitative estimate of drug-likeness (QED) is 0.809. The van der Waals surface area contributed by atoms with Crippen LogP contribution in [-0.2, 0) is 0 Å². The lowest BCUT2D eigenvalue weighted by Crippen LogP contribution is -2.59. The van der Waals surface area contributed by atoms with E-state index >= 15 is 0 Å². The number of aliphatic hydroxyl groups is 1. The van der Waals surface area contributed by atoms with Gasteiger partial charge in [0.1, 0.15) is 0 Å². The Morgan fingerprint density at radius 1 is 0.964 bits per heavy atom. The summed E-state index contributed by atoms with van der Waals surface area (Å²) in [4.78, 5) is 7.65. The molecule has 1 aromatic carbocycles. The van der Waals surface area contributed by atoms with Crippen LogP contribution in [0.4, 0.5) is 11.4 Å². The molecule has 2 heterocycles. The molecule has 1 aromatic rings. The van der Waals surface area contributed by atoms with Crippen molar-refractivity contribution in [3.63, 3.8) is 0 Å². The first-order chi connectivity index (χ1) is 13.8. The van der Waals surface area contributed by atoms with E-state index in [-0.39, 0.29) is 12.1 Å². The summed E-state index contributed by atoms with van der Waals surface area (Å²) in [5.74, 6) is 0.894. The predicted octanol–water partition coefficient (Wildman–Crippen LogP) is 4.48. The Kier molecular flexibility index (Phi) is 6.47. The van der Waals surface area contributed by atoms with Gasteiger partial charge in [0.15, 0.2) is 0 Å². The number of aliphatic hydroxyl groups excluding tert-OH is 1. The molecule has 0 radical (unpaired) electrons. The highest BCUT2D eigenvalue weighted by Crippen LogP contribution is 2.43. The molecule has 0 bridgehead atoms. The van der Waals surface area contributed by atoms with Gasteiger partial charge in [-0.25, -0.2) is 0 Å². The van der Waals surface area contributed by atoms with Crippen molar-refractivity contribution < 1.29 is 5.11 Å². The van der Waals surface area contributed by atoms with Gasteiger partial charge in [-0.1, -0.05) is 44.2 Å². The zero-order valence-corrected chi connectivity index (χ0v) is 17.8. The smallest absolute Gasteiger partial charge is 0.0910 e. The van der Waals surface area contributed by atoms with Crippen LogP contribution in [0, 0.1) is 5.92 Å². The Labute approximate surface area is 171 Å². The topological polar surface area (TPSA) is 30.0 Å². The van der Waals surface area contributed by atoms with Crippen LogP contribution in [0.3, 0.4) is 0 Å². The van der Waals surface area contributed by atoms with Crippen LogP contribution in [0.25, 0.3) is 0 Å². The fourth-order valence-electron chi connectivity index (χ4n) is 5.71. The second-order valence-corrected chi connectivity index (χ2v) is 9.31. The van der Waals surface area contributed by atoms with Gasteiger partial charge in [-0.05, 0) is 50.7 Å². The van der Waals surface area contributed by atoms with Gasteiger partial charge in [0, 0.05) is 26.2 Å². The number of para-hydroxylation sites is 2. The highest BCUT2D eigenvalue weighted by atomic mass is 16.3. The number of nitrogens with zero attached hydrogens (tertiary/aromatic N) is 3. The third kappa shape index (κ3) is 4.04. The first-order valence-corrected chi connectivity index (χ1v) is 11.7. The molecule has 4 nitrogen and oxygen atoms in total. The summed E-state index contributed by atoms with van der Waals surface area (Å²) in [5.41, 5.74) is 2.54. The lowest BCUT2D eigenvalue weighted by Gasteiger charge is -2.48. The number of fused-ring (bicyclic) bond motifs is 1. The van der Waals surface area contributed by atoms with Gasteiger partial charge in [0.05, 0.1) is 30.2 Å². The summed E-state index contributed by atoms with van der Waals surface area (Å²) < 4.78 is 0. The molecule has 2 aliphatic heterocycles. The highest BCUT2D eigenvalue weighted by molar-refractivity contribution is 5.77. The average molecular weight is 386 g/mol. The standard InChI is InChI=1S/C24H39N3O/c1-2-26-20-27(23-13-9-8-12-22(23)26)24(19-28)14-16-25(17-15-24)18-21-10-6-4-3-5-7-11-21/h8-9,12-13,21,28H,2-7,10-11,14-20H2,1H3. The molecule has 156 valence electrons. The minimum Gasteiger partial charge on any atom is -0.394 e. The highest BCUT2D eigenvalue weighted by Gasteiger charge is 2.43. The molecule has 1 N–H and O–H groups in total. The number of hydrogen-bond acceptors (Lipinski definition) is 4. The molecule has 4 heteroatoms. The van der Waals surface area contributed by atoms with Crippen LogP contribution >= 0.6 is 0 Å². The lowest BCUT2D eigenvalue weighted by atomic mass is 9.85. The van der Waals surface area contributed by atoms with E-state index in [4.69, 9.17) is 0 Å². The van der Waals surface area contributed by atoms with Crippen molar-refractivity contribution in [3.8, 4) is 0 Å². The van der Waals surface area contributed by atoms with Crippen LogP contribution in [0.2, 0.25) is 0 Å². The first kappa shape index (κ1) is 20.0. The SMILES string of the molecule is CCN1CN(C2(CO)CCN(CC3CCCCCCC3)CC2)c2ccccc21. The molecule has 28 heavy (non-hydrogen) atoms. The van der Waals surface area contributed by atoms with E-state index in [2.05, 4.69) is 45.9 Å². The fourth-order valence-corrected chi connectivity index (χ4v) is 5.71. The first-order valence-electron chi connectivity index (χ1n) is 11.7.